The van der Waals surface area contributed by atoms with E-state index in [2.05, 4.69) is 42.2 Å². The first-order valence-corrected chi connectivity index (χ1v) is 21.4. The van der Waals surface area contributed by atoms with Crippen LogP contribution in [0.25, 0.3) is 10.9 Å². The summed E-state index contributed by atoms with van der Waals surface area (Å²) < 4.78 is 0. The van der Waals surface area contributed by atoms with Crippen LogP contribution in [0.4, 0.5) is 0 Å². The number of H-pyrrole nitrogens is 1. The summed E-state index contributed by atoms with van der Waals surface area (Å²) in [5.41, 5.74) is 6.19. The van der Waals surface area contributed by atoms with Gasteiger partial charge in [0.1, 0.15) is 42.0 Å². The van der Waals surface area contributed by atoms with Gasteiger partial charge in [-0.25, -0.2) is 0 Å². The second kappa shape index (κ2) is 20.9. The molecule has 4 heterocycles. The van der Waals surface area contributed by atoms with Gasteiger partial charge >= 0.3 is 0 Å². The Balaban J connectivity index is 1.70. The molecule has 1 aromatic heterocycles. The van der Waals surface area contributed by atoms with E-state index in [0.717, 1.165) is 16.7 Å². The van der Waals surface area contributed by atoms with Crippen molar-refractivity contribution >= 4 is 75.8 Å². The molecule has 2 aromatic rings. The topological polar surface area (TPSA) is 364 Å². The number of hydrogen-bond donors (Lipinski definition) is 13. The van der Waals surface area contributed by atoms with Gasteiger partial charge in [-0.05, 0) is 23.6 Å². The molecule has 1 aromatic carbocycles. The van der Waals surface area contributed by atoms with Gasteiger partial charge in [0.2, 0.25) is 53.2 Å². The number of fused-ring (bicyclic) bond motifs is 5. The standard InChI is InChI=1S/C39H54N10O13S/c1-4-16(2)31-36(60)42-11-29(55)43-25-15-63-38-21(20-6-5-18(51)7-22(20)46-38)9-23(33(57)41-12-30(56)47-31)44-37(61)32(17(3)27(53)14-50)48-35(59)26-8-19(52)13-49(26)39(62)24(10-28(40)54)45-34(25)58/h5-7,16-17,19,23-27,31-32,46,50-53H,4,8-15H2,1-3H3,(H2,40,54)(H,41,57)(H,42,60)(H,43,55)(H,44,61)(H,45,58)(H,47,56)(H,48,59)/t16-,17-,19+,23-,24-,25+,26-,27-,31-,32-/m0/s1. The van der Waals surface area contributed by atoms with Crippen molar-refractivity contribution < 1.29 is 63.6 Å². The highest BCUT2D eigenvalue weighted by Crippen LogP contribution is 2.33. The molecule has 0 unspecified atom stereocenters. The molecule has 1 saturated heterocycles. The number of rotatable bonds is 7. The first-order valence-electron chi connectivity index (χ1n) is 20.4. The Kier molecular flexibility index (Phi) is 16.0. The van der Waals surface area contributed by atoms with Gasteiger partial charge in [0.05, 0.1) is 48.9 Å². The van der Waals surface area contributed by atoms with E-state index in [1.165, 1.54) is 25.1 Å². The molecule has 1 fully saturated rings. The van der Waals surface area contributed by atoms with E-state index >= 15 is 0 Å². The van der Waals surface area contributed by atoms with Gasteiger partial charge in [-0.15, -0.1) is 11.8 Å². The molecule has 9 amide bonds. The van der Waals surface area contributed by atoms with Gasteiger partial charge in [-0.3, -0.25) is 43.2 Å². The molecule has 344 valence electrons. The number of aliphatic hydroxyl groups is 3. The van der Waals surface area contributed by atoms with Crippen molar-refractivity contribution in [3.8, 4) is 5.75 Å². The number of phenols is 1. The Morgan fingerprint density at radius 3 is 2.22 bits per heavy atom. The monoisotopic (exact) mass is 902 g/mol. The molecule has 24 heteroatoms. The number of phenolic OH excluding ortho intramolecular Hbond substituents is 1. The lowest BCUT2D eigenvalue weighted by Gasteiger charge is -2.32. The minimum absolute atomic E-state index is 0.146. The van der Waals surface area contributed by atoms with Crippen LogP contribution in [0, 0.1) is 11.8 Å². The Morgan fingerprint density at radius 1 is 0.873 bits per heavy atom. The van der Waals surface area contributed by atoms with Gasteiger partial charge in [-0.2, -0.15) is 0 Å². The van der Waals surface area contributed by atoms with Crippen molar-refractivity contribution in [1.29, 1.82) is 0 Å². The largest absolute Gasteiger partial charge is 0.508 e. The fourth-order valence-electron chi connectivity index (χ4n) is 7.56. The van der Waals surface area contributed by atoms with Crippen LogP contribution >= 0.6 is 11.8 Å². The second-order valence-corrected chi connectivity index (χ2v) is 17.0. The summed E-state index contributed by atoms with van der Waals surface area (Å²) in [4.78, 5) is 128. The molecular formula is C39H54N10O13S. The van der Waals surface area contributed by atoms with Crippen LogP contribution in [-0.4, -0.2) is 164 Å². The smallest absolute Gasteiger partial charge is 0.246 e. The SMILES string of the molecule is CC[C@H](C)[C@@H]1NC(=O)CNC(=O)[C@@H]2Cc3c([nH]c4cc(O)ccc34)SC[C@@H](NC(=O)CNC1=O)C(=O)N[C@@H](CC(N)=O)C(=O)N1C[C@H](O)C[C@H]1C(=O)N[C@@H]([C@@H](C)[C@@H](O)CO)C(=O)N2. The number of carbonyl (C=O) groups excluding carboxylic acids is 9. The molecule has 2 bridgehead atoms. The summed E-state index contributed by atoms with van der Waals surface area (Å²) >= 11 is 0.949. The number of hydrogen-bond acceptors (Lipinski definition) is 14. The molecule has 5 rings (SSSR count). The Bertz CT molecular complexity index is 2120. The van der Waals surface area contributed by atoms with Crippen LogP contribution in [0.5, 0.6) is 5.75 Å². The fraction of sp³-hybridized carbons (Fsp3) is 0.564. The number of amides is 9. The molecular weight excluding hydrogens is 849 g/mol. The van der Waals surface area contributed by atoms with Gasteiger partial charge in [-0.1, -0.05) is 27.2 Å². The Labute approximate surface area is 364 Å². The van der Waals surface area contributed by atoms with Crippen LogP contribution < -0.4 is 43.0 Å². The minimum atomic E-state index is -1.75. The minimum Gasteiger partial charge on any atom is -0.508 e. The maximum Gasteiger partial charge on any atom is 0.246 e. The van der Waals surface area contributed by atoms with Crippen LogP contribution in [0.15, 0.2) is 23.2 Å². The predicted octanol–water partition coefficient (Wildman–Crippen LogP) is -4.94. The molecule has 14 N–H and O–H groups in total. The zero-order chi connectivity index (χ0) is 46.3. The number of nitrogens with two attached hydrogens (primary N) is 1. The molecule has 3 aliphatic heterocycles. The first-order chi connectivity index (χ1) is 29.8. The maximum absolute atomic E-state index is 14.4. The lowest BCUT2D eigenvalue weighted by Crippen LogP contribution is -2.62. The number of nitrogens with zero attached hydrogens (tertiary/aromatic N) is 1. The highest BCUT2D eigenvalue weighted by Gasteiger charge is 2.45. The zero-order valence-corrected chi connectivity index (χ0v) is 35.6. The molecule has 0 aliphatic carbocycles. The Morgan fingerprint density at radius 2 is 1.56 bits per heavy atom. The number of primary amides is 1. The number of aromatic nitrogens is 1. The zero-order valence-electron chi connectivity index (χ0n) is 34.8. The van der Waals surface area contributed by atoms with Crippen molar-refractivity contribution in [3.05, 3.63) is 23.8 Å². The predicted molar refractivity (Wildman–Crippen MR) is 222 cm³/mol. The fourth-order valence-corrected chi connectivity index (χ4v) is 8.68. The van der Waals surface area contributed by atoms with Gasteiger partial charge < -0.3 is 73.3 Å². The number of carbonyl (C=O) groups is 9. The third kappa shape index (κ3) is 11.7. The molecule has 3 aliphatic rings. The summed E-state index contributed by atoms with van der Waals surface area (Å²) in [6.45, 7) is 2.08. The summed E-state index contributed by atoms with van der Waals surface area (Å²) in [5, 5.41) is 59.9. The van der Waals surface area contributed by atoms with Crippen LogP contribution in [-0.2, 0) is 49.6 Å². The number of aliphatic hydroxyl groups excluding tert-OH is 3. The lowest BCUT2D eigenvalue weighted by atomic mass is 9.93. The molecule has 23 nitrogen and oxygen atoms in total. The van der Waals surface area contributed by atoms with Crippen molar-refractivity contribution in [3.63, 3.8) is 0 Å². The van der Waals surface area contributed by atoms with E-state index in [1.54, 1.807) is 13.8 Å². The van der Waals surface area contributed by atoms with E-state index in [0.29, 0.717) is 22.9 Å². The van der Waals surface area contributed by atoms with Crippen molar-refractivity contribution in [1.82, 2.24) is 47.1 Å². The molecule has 63 heavy (non-hydrogen) atoms. The number of nitrogens with one attached hydrogen (secondary N) is 8. The Hall–Kier alpha value is -5.98. The van der Waals surface area contributed by atoms with Crippen molar-refractivity contribution in [2.45, 2.75) is 99.9 Å². The molecule has 0 radical (unpaired) electrons. The number of aromatic hydroxyl groups is 1. The summed E-state index contributed by atoms with van der Waals surface area (Å²) in [7, 11) is 0. The maximum atomic E-state index is 14.4. The number of aromatic amines is 1. The van der Waals surface area contributed by atoms with E-state index < -0.39 is 146 Å². The summed E-state index contributed by atoms with van der Waals surface area (Å²) in [6, 6.07) is -5.00. The van der Waals surface area contributed by atoms with Gasteiger partial charge in [0, 0.05) is 42.5 Å². The third-order valence-corrected chi connectivity index (χ3v) is 12.5. The average molecular weight is 903 g/mol. The average Bonchev–Trinajstić information content (AvgIpc) is 3.80. The summed E-state index contributed by atoms with van der Waals surface area (Å²) in [6.07, 6.45) is -4.01. The molecule has 0 saturated carbocycles. The van der Waals surface area contributed by atoms with Gasteiger partial charge in [0.15, 0.2) is 0 Å². The van der Waals surface area contributed by atoms with Crippen LogP contribution in [0.1, 0.15) is 45.6 Å². The molecule has 0 spiro atoms. The number of benzene rings is 1. The highest BCUT2D eigenvalue weighted by molar-refractivity contribution is 7.99. The van der Waals surface area contributed by atoms with E-state index in [1.807, 2.05) is 0 Å². The normalized spacial score (nSPS) is 27.6. The van der Waals surface area contributed by atoms with Gasteiger partial charge in [0.25, 0.3) is 0 Å². The van der Waals surface area contributed by atoms with Crippen molar-refractivity contribution in [2.75, 3.05) is 32.0 Å². The first kappa shape index (κ1) is 48.1. The molecule has 10 atom stereocenters. The lowest BCUT2D eigenvalue weighted by molar-refractivity contribution is -0.144. The van der Waals surface area contributed by atoms with Crippen LogP contribution in [0.3, 0.4) is 0 Å². The van der Waals surface area contributed by atoms with E-state index in [-0.39, 0.29) is 29.4 Å². The van der Waals surface area contributed by atoms with Crippen LogP contribution in [0.2, 0.25) is 0 Å². The van der Waals surface area contributed by atoms with Crippen molar-refractivity contribution in [2.24, 2.45) is 17.6 Å². The number of thioether (sulfide) groups is 1. The summed E-state index contributed by atoms with van der Waals surface area (Å²) in [5.74, 6) is -10.7. The van der Waals surface area contributed by atoms with E-state index in [9.17, 15) is 63.6 Å². The van der Waals surface area contributed by atoms with E-state index in [4.69, 9.17) is 5.73 Å². The highest BCUT2D eigenvalue weighted by atomic mass is 32.2. The second-order valence-electron chi connectivity index (χ2n) is 15.9. The third-order valence-electron chi connectivity index (χ3n) is 11.4. The quantitative estimate of drug-likeness (QED) is 0.124.